The Balaban J connectivity index is 1.42. The van der Waals surface area contributed by atoms with E-state index in [1.165, 1.54) is 57.8 Å². The van der Waals surface area contributed by atoms with Crippen LogP contribution in [0.2, 0.25) is 0 Å². The number of nitrogens with zero attached hydrogens (tertiary/aromatic N) is 1. The van der Waals surface area contributed by atoms with Crippen LogP contribution in [0.25, 0.3) is 0 Å². The summed E-state index contributed by atoms with van der Waals surface area (Å²) in [7, 11) is 2.08. The van der Waals surface area contributed by atoms with Crippen molar-refractivity contribution in [1.29, 1.82) is 0 Å². The molecule has 3 nitrogen and oxygen atoms in total. The quantitative estimate of drug-likeness (QED) is 0.738. The van der Waals surface area contributed by atoms with E-state index in [1.54, 1.807) is 0 Å². The van der Waals surface area contributed by atoms with Crippen LogP contribution in [-0.2, 0) is 4.79 Å². The number of nitrogens with one attached hydrogen (secondary N) is 1. The lowest BCUT2D eigenvalue weighted by molar-refractivity contribution is -0.157. The Morgan fingerprint density at radius 1 is 1.04 bits per heavy atom. The normalized spacial score (nSPS) is 50.9. The number of fused-ring (bicyclic) bond motifs is 5. The van der Waals surface area contributed by atoms with Gasteiger partial charge in [-0.3, -0.25) is 4.79 Å². The third-order valence-corrected chi connectivity index (χ3v) is 10.4. The Hall–Kier alpha value is -0.570. The molecule has 5 fully saturated rings. The van der Waals surface area contributed by atoms with Gasteiger partial charge in [0.1, 0.15) is 0 Å². The molecule has 5 aliphatic rings. The molecule has 1 saturated heterocycles. The highest BCUT2D eigenvalue weighted by Crippen LogP contribution is 2.66. The highest BCUT2D eigenvalue weighted by molar-refractivity contribution is 5.77. The predicted molar refractivity (Wildman–Crippen MR) is 114 cm³/mol. The van der Waals surface area contributed by atoms with Gasteiger partial charge in [0, 0.05) is 31.6 Å². The molecule has 0 bridgehead atoms. The summed E-state index contributed by atoms with van der Waals surface area (Å²) in [6, 6.07) is 2.07. The molecule has 4 saturated carbocycles. The van der Waals surface area contributed by atoms with Gasteiger partial charge in [0.25, 0.3) is 0 Å². The van der Waals surface area contributed by atoms with Crippen LogP contribution in [0, 0.1) is 34.5 Å². The van der Waals surface area contributed by atoms with Crippen LogP contribution >= 0.6 is 0 Å². The maximum Gasteiger partial charge on any atom is 0.222 e. The molecule has 0 aromatic rings. The summed E-state index contributed by atoms with van der Waals surface area (Å²) in [5.74, 6) is 3.91. The van der Waals surface area contributed by atoms with E-state index >= 15 is 0 Å². The predicted octanol–water partition coefficient (Wildman–Crippen LogP) is 5.00. The smallest absolute Gasteiger partial charge is 0.222 e. The van der Waals surface area contributed by atoms with Crippen molar-refractivity contribution >= 4 is 5.91 Å². The van der Waals surface area contributed by atoms with Crippen LogP contribution < -0.4 is 5.32 Å². The molecule has 28 heavy (non-hydrogen) atoms. The minimum atomic E-state index is 0.356. The molecule has 0 aromatic carbocycles. The first-order valence-electron chi connectivity index (χ1n) is 12.4. The molecule has 1 N–H and O–H groups in total. The van der Waals surface area contributed by atoms with E-state index in [0.717, 1.165) is 48.6 Å². The lowest BCUT2D eigenvalue weighted by Gasteiger charge is -2.61. The van der Waals surface area contributed by atoms with Crippen LogP contribution in [0.3, 0.4) is 0 Å². The van der Waals surface area contributed by atoms with Gasteiger partial charge >= 0.3 is 0 Å². The maximum atomic E-state index is 12.4. The Labute approximate surface area is 172 Å². The van der Waals surface area contributed by atoms with E-state index in [2.05, 4.69) is 38.0 Å². The lowest BCUT2D eigenvalue weighted by atomic mass is 9.47. The fourth-order valence-electron chi connectivity index (χ4n) is 8.81. The number of piperidine rings is 1. The first-order valence-corrected chi connectivity index (χ1v) is 12.4. The molecular weight excluding hydrogens is 344 g/mol. The second-order valence-corrected chi connectivity index (χ2v) is 11.7. The van der Waals surface area contributed by atoms with Crippen LogP contribution in [0.1, 0.15) is 91.4 Å². The van der Waals surface area contributed by atoms with Gasteiger partial charge in [0.15, 0.2) is 0 Å². The van der Waals surface area contributed by atoms with E-state index < -0.39 is 0 Å². The Kier molecular flexibility index (Phi) is 4.66. The van der Waals surface area contributed by atoms with E-state index in [1.807, 2.05) is 0 Å². The topological polar surface area (TPSA) is 32.3 Å². The van der Waals surface area contributed by atoms with Crippen molar-refractivity contribution in [3.63, 3.8) is 0 Å². The average Bonchev–Trinajstić information content (AvgIpc) is 3.44. The van der Waals surface area contributed by atoms with Crippen molar-refractivity contribution in [2.24, 2.45) is 34.5 Å². The maximum absolute atomic E-state index is 12.4. The first-order chi connectivity index (χ1) is 13.4. The first kappa shape index (κ1) is 19.4. The molecule has 1 heterocycles. The van der Waals surface area contributed by atoms with Crippen molar-refractivity contribution in [1.82, 2.24) is 10.2 Å². The van der Waals surface area contributed by atoms with Gasteiger partial charge in [-0.15, -0.1) is 0 Å². The van der Waals surface area contributed by atoms with Crippen LogP contribution in [0.15, 0.2) is 0 Å². The molecular formula is C25H42N2O. The van der Waals surface area contributed by atoms with Crippen LogP contribution in [0.5, 0.6) is 0 Å². The Bertz CT molecular complexity index is 630. The second-order valence-electron chi connectivity index (χ2n) is 11.7. The number of rotatable bonds is 4. The number of carbonyl (C=O) groups is 1. The summed E-state index contributed by atoms with van der Waals surface area (Å²) in [5.41, 5.74) is 0.859. The lowest BCUT2D eigenvalue weighted by Crippen LogP contribution is -2.62. The molecule has 0 radical (unpaired) electrons. The van der Waals surface area contributed by atoms with Gasteiger partial charge < -0.3 is 10.2 Å². The highest BCUT2D eigenvalue weighted by Gasteiger charge is 2.63. The fraction of sp³-hybridized carbons (Fsp3) is 0.960. The zero-order chi connectivity index (χ0) is 19.7. The number of amides is 1. The van der Waals surface area contributed by atoms with Crippen molar-refractivity contribution in [3.05, 3.63) is 0 Å². The number of hydrogen-bond donors (Lipinski definition) is 1. The summed E-state index contributed by atoms with van der Waals surface area (Å²) >= 11 is 0. The van der Waals surface area contributed by atoms with E-state index in [9.17, 15) is 4.79 Å². The van der Waals surface area contributed by atoms with Gasteiger partial charge in [0.05, 0.1) is 0 Å². The Morgan fingerprint density at radius 2 is 1.82 bits per heavy atom. The third-order valence-electron chi connectivity index (χ3n) is 10.4. The number of hydrogen-bond acceptors (Lipinski definition) is 2. The van der Waals surface area contributed by atoms with Crippen molar-refractivity contribution in [2.75, 3.05) is 7.05 Å². The molecule has 3 heteroatoms. The zero-order valence-electron chi connectivity index (χ0n) is 18.7. The van der Waals surface area contributed by atoms with Crippen LogP contribution in [0.4, 0.5) is 0 Å². The zero-order valence-corrected chi connectivity index (χ0v) is 18.7. The molecule has 4 aliphatic carbocycles. The largest absolute Gasteiger partial charge is 0.342 e. The highest BCUT2D eigenvalue weighted by atomic mass is 16.2. The van der Waals surface area contributed by atoms with Crippen molar-refractivity contribution < 1.29 is 4.79 Å². The molecule has 8 atom stereocenters. The summed E-state index contributed by atoms with van der Waals surface area (Å²) in [6.07, 6.45) is 14.3. The Morgan fingerprint density at radius 3 is 2.54 bits per heavy atom. The van der Waals surface area contributed by atoms with E-state index in [-0.39, 0.29) is 0 Å². The minimum absolute atomic E-state index is 0.356. The monoisotopic (exact) mass is 386 g/mol. The summed E-state index contributed by atoms with van der Waals surface area (Å²) in [6.45, 7) is 7.59. The third kappa shape index (κ3) is 2.74. The molecule has 5 rings (SSSR count). The fourth-order valence-corrected chi connectivity index (χ4v) is 8.81. The number of carbonyl (C=O) groups excluding carboxylic acids is 1. The molecule has 0 aromatic heterocycles. The van der Waals surface area contributed by atoms with Gasteiger partial charge in [-0.25, -0.2) is 0 Å². The average molecular weight is 387 g/mol. The molecule has 0 spiro atoms. The molecule has 158 valence electrons. The summed E-state index contributed by atoms with van der Waals surface area (Å²) in [5, 5.41) is 4.15. The van der Waals surface area contributed by atoms with Gasteiger partial charge in [-0.1, -0.05) is 27.2 Å². The summed E-state index contributed by atoms with van der Waals surface area (Å²) < 4.78 is 0. The van der Waals surface area contributed by atoms with Gasteiger partial charge in [-0.05, 0) is 92.3 Å². The van der Waals surface area contributed by atoms with E-state index in [4.69, 9.17) is 0 Å². The standard InChI is InChI=1S/C25H42N2O/c1-5-6-16-15-20-18-9-10-21-24(2,14-12-22(28)27(21)4)19(18)11-13-25(20,3)23(16)26-17-7-8-17/h16-21,23,26H,5-15H2,1-4H3/t16-,18+,19-,20-,21+,23-,24+,25-/m0/s1. The molecule has 1 amide bonds. The number of likely N-dealkylation sites (tertiary alicyclic amines) is 1. The van der Waals surface area contributed by atoms with Gasteiger partial charge in [-0.2, -0.15) is 0 Å². The molecule has 1 aliphatic heterocycles. The van der Waals surface area contributed by atoms with E-state index in [0.29, 0.717) is 22.8 Å². The van der Waals surface area contributed by atoms with Crippen LogP contribution in [-0.4, -0.2) is 36.0 Å². The van der Waals surface area contributed by atoms with Gasteiger partial charge in [0.2, 0.25) is 5.91 Å². The van der Waals surface area contributed by atoms with Crippen molar-refractivity contribution in [2.45, 2.75) is 110 Å². The summed E-state index contributed by atoms with van der Waals surface area (Å²) in [4.78, 5) is 14.5. The second kappa shape index (κ2) is 6.72. The molecule has 0 unspecified atom stereocenters. The SMILES string of the molecule is CCC[C@H]1C[C@H]2[C@@H]3CC[C@H]4N(C)C(=O)CC[C@]4(C)[C@H]3CC[C@]2(C)[C@H]1NC1CC1. The van der Waals surface area contributed by atoms with Crippen molar-refractivity contribution in [3.8, 4) is 0 Å². The minimum Gasteiger partial charge on any atom is -0.342 e.